The first-order valence-corrected chi connectivity index (χ1v) is 6.30. The Balaban J connectivity index is 2.23. The van der Waals surface area contributed by atoms with E-state index in [0.29, 0.717) is 13.0 Å². The SMILES string of the molecule is O=C(O)N(c1ccc(C(F)(F)F)cc1)[C@H]1CCCNC1. The van der Waals surface area contributed by atoms with Crippen molar-refractivity contribution >= 4 is 11.8 Å². The summed E-state index contributed by atoms with van der Waals surface area (Å²) in [6, 6.07) is 3.96. The first kappa shape index (κ1) is 14.6. The van der Waals surface area contributed by atoms with Gasteiger partial charge in [-0.15, -0.1) is 0 Å². The Morgan fingerprint density at radius 2 is 1.95 bits per heavy atom. The van der Waals surface area contributed by atoms with Gasteiger partial charge in [0.25, 0.3) is 0 Å². The molecule has 1 aromatic carbocycles. The van der Waals surface area contributed by atoms with Crippen LogP contribution in [0.2, 0.25) is 0 Å². The van der Waals surface area contributed by atoms with Gasteiger partial charge in [-0.05, 0) is 43.7 Å². The molecule has 1 aliphatic rings. The topological polar surface area (TPSA) is 52.6 Å². The Morgan fingerprint density at radius 3 is 2.40 bits per heavy atom. The van der Waals surface area contributed by atoms with Crippen molar-refractivity contribution in [2.75, 3.05) is 18.0 Å². The smallest absolute Gasteiger partial charge is 0.416 e. The highest BCUT2D eigenvalue weighted by Crippen LogP contribution is 2.31. The minimum atomic E-state index is -4.42. The molecule has 1 heterocycles. The summed E-state index contributed by atoms with van der Waals surface area (Å²) < 4.78 is 37.5. The molecule has 0 aromatic heterocycles. The lowest BCUT2D eigenvalue weighted by Crippen LogP contribution is -2.48. The van der Waals surface area contributed by atoms with Crippen LogP contribution < -0.4 is 10.2 Å². The summed E-state index contributed by atoms with van der Waals surface area (Å²) in [6.45, 7) is 1.34. The number of anilines is 1. The molecule has 4 nitrogen and oxygen atoms in total. The Labute approximate surface area is 114 Å². The van der Waals surface area contributed by atoms with Crippen molar-refractivity contribution in [2.45, 2.75) is 25.1 Å². The molecule has 1 aliphatic heterocycles. The number of nitrogens with zero attached hydrogens (tertiary/aromatic N) is 1. The van der Waals surface area contributed by atoms with Crippen LogP contribution >= 0.6 is 0 Å². The summed E-state index contributed by atoms with van der Waals surface area (Å²) >= 11 is 0. The van der Waals surface area contributed by atoms with Gasteiger partial charge in [0.15, 0.2) is 0 Å². The van der Waals surface area contributed by atoms with Crippen molar-refractivity contribution in [3.63, 3.8) is 0 Å². The van der Waals surface area contributed by atoms with Crippen molar-refractivity contribution < 1.29 is 23.1 Å². The van der Waals surface area contributed by atoms with Crippen LogP contribution in [0.3, 0.4) is 0 Å². The summed E-state index contributed by atoms with van der Waals surface area (Å²) in [6.07, 6.45) is -4.03. The highest BCUT2D eigenvalue weighted by molar-refractivity contribution is 5.86. The van der Waals surface area contributed by atoms with Gasteiger partial charge < -0.3 is 10.4 Å². The summed E-state index contributed by atoms with van der Waals surface area (Å²) in [4.78, 5) is 12.5. The van der Waals surface area contributed by atoms with Gasteiger partial charge in [-0.25, -0.2) is 4.79 Å². The van der Waals surface area contributed by atoms with E-state index in [0.717, 1.165) is 30.0 Å². The molecule has 0 spiro atoms. The number of benzene rings is 1. The van der Waals surface area contributed by atoms with Crippen molar-refractivity contribution in [1.29, 1.82) is 0 Å². The van der Waals surface area contributed by atoms with Crippen LogP contribution in [0, 0.1) is 0 Å². The molecule has 2 rings (SSSR count). The second-order valence-electron chi connectivity index (χ2n) is 4.70. The van der Waals surface area contributed by atoms with Crippen LogP contribution in [0.25, 0.3) is 0 Å². The predicted octanol–water partition coefficient (Wildman–Crippen LogP) is 2.94. The van der Waals surface area contributed by atoms with Crippen LogP contribution in [-0.2, 0) is 6.18 Å². The minimum absolute atomic E-state index is 0.252. The monoisotopic (exact) mass is 288 g/mol. The molecular weight excluding hydrogens is 273 g/mol. The van der Waals surface area contributed by atoms with E-state index in [9.17, 15) is 23.1 Å². The lowest BCUT2D eigenvalue weighted by atomic mass is 10.0. The van der Waals surface area contributed by atoms with E-state index in [4.69, 9.17) is 0 Å². The van der Waals surface area contributed by atoms with Gasteiger partial charge in [-0.1, -0.05) is 0 Å². The second kappa shape index (κ2) is 5.70. The first-order valence-electron chi connectivity index (χ1n) is 6.30. The molecule has 0 saturated carbocycles. The molecule has 0 unspecified atom stereocenters. The van der Waals surface area contributed by atoms with E-state index in [1.54, 1.807) is 0 Å². The lowest BCUT2D eigenvalue weighted by Gasteiger charge is -2.32. The number of halogens is 3. The third-order valence-corrected chi connectivity index (χ3v) is 3.31. The maximum absolute atomic E-state index is 12.5. The number of nitrogens with one attached hydrogen (secondary N) is 1. The zero-order chi connectivity index (χ0) is 14.8. The molecule has 1 amide bonds. The second-order valence-corrected chi connectivity index (χ2v) is 4.70. The van der Waals surface area contributed by atoms with Gasteiger partial charge in [0.2, 0.25) is 0 Å². The van der Waals surface area contributed by atoms with Gasteiger partial charge in [0.1, 0.15) is 0 Å². The third-order valence-electron chi connectivity index (χ3n) is 3.31. The largest absolute Gasteiger partial charge is 0.465 e. The summed E-state index contributed by atoms with van der Waals surface area (Å²) in [5.41, 5.74) is -0.521. The number of alkyl halides is 3. The fourth-order valence-electron chi connectivity index (χ4n) is 2.34. The number of hydrogen-bond donors (Lipinski definition) is 2. The lowest BCUT2D eigenvalue weighted by molar-refractivity contribution is -0.137. The van der Waals surface area contributed by atoms with Crippen molar-refractivity contribution in [2.24, 2.45) is 0 Å². The molecule has 0 bridgehead atoms. The zero-order valence-electron chi connectivity index (χ0n) is 10.7. The summed E-state index contributed by atoms with van der Waals surface area (Å²) in [5, 5.41) is 12.4. The third kappa shape index (κ3) is 3.22. The number of hydrogen-bond acceptors (Lipinski definition) is 2. The van der Waals surface area contributed by atoms with E-state index in [1.165, 1.54) is 12.1 Å². The number of rotatable bonds is 2. The Hall–Kier alpha value is -1.76. The Bertz CT molecular complexity index is 467. The normalized spacial score (nSPS) is 19.6. The maximum atomic E-state index is 12.5. The summed E-state index contributed by atoms with van der Waals surface area (Å²) in [7, 11) is 0. The van der Waals surface area contributed by atoms with Gasteiger partial charge in [-0.2, -0.15) is 13.2 Å². The quantitative estimate of drug-likeness (QED) is 0.879. The molecule has 0 radical (unpaired) electrons. The van der Waals surface area contributed by atoms with Crippen LogP contribution in [0.4, 0.5) is 23.7 Å². The van der Waals surface area contributed by atoms with Crippen molar-refractivity contribution in [1.82, 2.24) is 5.32 Å². The molecule has 1 atom stereocenters. The highest BCUT2D eigenvalue weighted by atomic mass is 19.4. The average molecular weight is 288 g/mol. The molecule has 7 heteroatoms. The number of amides is 1. The van der Waals surface area contributed by atoms with Gasteiger partial charge in [-0.3, -0.25) is 4.90 Å². The predicted molar refractivity (Wildman–Crippen MR) is 67.8 cm³/mol. The van der Waals surface area contributed by atoms with Crippen LogP contribution in [0.1, 0.15) is 18.4 Å². The Morgan fingerprint density at radius 1 is 1.30 bits per heavy atom. The average Bonchev–Trinajstić information content (AvgIpc) is 2.39. The van der Waals surface area contributed by atoms with Gasteiger partial charge in [0, 0.05) is 12.2 Å². The van der Waals surface area contributed by atoms with Gasteiger partial charge >= 0.3 is 12.3 Å². The van der Waals surface area contributed by atoms with Crippen LogP contribution in [0.15, 0.2) is 24.3 Å². The molecular formula is C13H15F3N2O2. The fourth-order valence-corrected chi connectivity index (χ4v) is 2.34. The van der Waals surface area contributed by atoms with E-state index >= 15 is 0 Å². The van der Waals surface area contributed by atoms with Gasteiger partial charge in [0.05, 0.1) is 11.6 Å². The molecule has 2 N–H and O–H groups in total. The zero-order valence-corrected chi connectivity index (χ0v) is 10.7. The molecule has 1 saturated heterocycles. The first-order chi connectivity index (χ1) is 9.39. The molecule has 1 fully saturated rings. The van der Waals surface area contributed by atoms with Crippen molar-refractivity contribution in [3.05, 3.63) is 29.8 Å². The molecule has 1 aromatic rings. The standard InChI is InChI=1S/C13H15F3N2O2/c14-13(15,16)9-3-5-10(6-4-9)18(12(19)20)11-2-1-7-17-8-11/h3-6,11,17H,1-2,7-8H2,(H,19,20)/t11-/m0/s1. The van der Waals surface area contributed by atoms with E-state index in [-0.39, 0.29) is 11.7 Å². The molecule has 0 aliphatic carbocycles. The van der Waals surface area contributed by atoms with Crippen molar-refractivity contribution in [3.8, 4) is 0 Å². The van der Waals surface area contributed by atoms with Crippen LogP contribution in [-0.4, -0.2) is 30.3 Å². The minimum Gasteiger partial charge on any atom is -0.465 e. The number of carboxylic acid groups (broad SMARTS) is 1. The molecule has 20 heavy (non-hydrogen) atoms. The maximum Gasteiger partial charge on any atom is 0.416 e. The summed E-state index contributed by atoms with van der Waals surface area (Å²) in [5.74, 6) is 0. The Kier molecular flexibility index (Phi) is 4.17. The van der Waals surface area contributed by atoms with Crippen LogP contribution in [0.5, 0.6) is 0 Å². The van der Waals surface area contributed by atoms with E-state index in [2.05, 4.69) is 5.32 Å². The van der Waals surface area contributed by atoms with E-state index < -0.39 is 17.8 Å². The fraction of sp³-hybridized carbons (Fsp3) is 0.462. The van der Waals surface area contributed by atoms with E-state index in [1.807, 2.05) is 0 Å². The number of piperidine rings is 1. The molecule has 110 valence electrons. The number of carbonyl (C=O) groups is 1. The highest BCUT2D eigenvalue weighted by Gasteiger charge is 2.31.